The second-order valence-electron chi connectivity index (χ2n) is 6.32. The summed E-state index contributed by atoms with van der Waals surface area (Å²) in [6.07, 6.45) is 1.63. The largest absolute Gasteiger partial charge is 0.496 e. The van der Waals surface area contributed by atoms with E-state index in [0.29, 0.717) is 18.8 Å². The van der Waals surface area contributed by atoms with Crippen molar-refractivity contribution in [3.05, 3.63) is 52.8 Å². The lowest BCUT2D eigenvalue weighted by Gasteiger charge is -2.17. The van der Waals surface area contributed by atoms with Crippen LogP contribution in [-0.2, 0) is 28.8 Å². The Kier molecular flexibility index (Phi) is 5.89. The van der Waals surface area contributed by atoms with Gasteiger partial charge in [-0.15, -0.1) is 0 Å². The predicted molar refractivity (Wildman–Crippen MR) is 99.0 cm³/mol. The quantitative estimate of drug-likeness (QED) is 0.834. The lowest BCUT2D eigenvalue weighted by atomic mass is 9.90. The minimum absolute atomic E-state index is 0.158. The zero-order valence-corrected chi connectivity index (χ0v) is 15.2. The molecule has 0 aromatic heterocycles. The first-order valence-electron chi connectivity index (χ1n) is 8.98. The van der Waals surface area contributed by atoms with E-state index in [4.69, 9.17) is 9.47 Å². The van der Waals surface area contributed by atoms with Crippen LogP contribution < -0.4 is 10.1 Å². The maximum atomic E-state index is 14.3. The van der Waals surface area contributed by atoms with E-state index in [1.165, 1.54) is 6.07 Å². The van der Waals surface area contributed by atoms with Crippen LogP contribution in [0.2, 0.25) is 0 Å². The molecule has 0 spiro atoms. The molecule has 4 nitrogen and oxygen atoms in total. The second-order valence-corrected chi connectivity index (χ2v) is 6.32. The van der Waals surface area contributed by atoms with Crippen LogP contribution >= 0.6 is 0 Å². The van der Waals surface area contributed by atoms with Crippen molar-refractivity contribution in [2.75, 3.05) is 26.8 Å². The number of benzene rings is 2. The van der Waals surface area contributed by atoms with Gasteiger partial charge in [0, 0.05) is 5.56 Å². The standard InChI is InChI=1S/C21H24FNO3/c1-3-26-21(24)13-14-4-7-20(25-2)18(12-14)15-5-6-19(22)17-9-11-23-10-8-16(15)17/h4-7,12,23H,3,8-11,13H2,1-2H3. The van der Waals surface area contributed by atoms with E-state index in [1.54, 1.807) is 14.0 Å². The minimum Gasteiger partial charge on any atom is -0.496 e. The van der Waals surface area contributed by atoms with Gasteiger partial charge < -0.3 is 14.8 Å². The van der Waals surface area contributed by atoms with Gasteiger partial charge in [-0.25, -0.2) is 4.39 Å². The summed E-state index contributed by atoms with van der Waals surface area (Å²) in [5.74, 6) is 0.295. The number of hydrogen-bond donors (Lipinski definition) is 1. The fourth-order valence-corrected chi connectivity index (χ4v) is 3.48. The third kappa shape index (κ3) is 3.88. The molecule has 1 heterocycles. The third-order valence-corrected chi connectivity index (χ3v) is 4.69. The van der Waals surface area contributed by atoms with Crippen molar-refractivity contribution in [2.24, 2.45) is 0 Å². The summed E-state index contributed by atoms with van der Waals surface area (Å²) < 4.78 is 24.9. The number of rotatable bonds is 5. The number of carbonyl (C=O) groups excluding carboxylic acids is 1. The van der Waals surface area contributed by atoms with Crippen molar-refractivity contribution >= 4 is 5.97 Å². The average Bonchev–Trinajstić information content (AvgIpc) is 2.89. The SMILES string of the molecule is CCOC(=O)Cc1ccc(OC)c(-c2ccc(F)c3c2CCNCC3)c1. The predicted octanol–water partition coefficient (Wildman–Crippen LogP) is 3.30. The van der Waals surface area contributed by atoms with Crippen LogP contribution in [0.4, 0.5) is 4.39 Å². The smallest absolute Gasteiger partial charge is 0.310 e. The molecule has 0 unspecified atom stereocenters. The first-order valence-corrected chi connectivity index (χ1v) is 8.98. The number of esters is 1. The van der Waals surface area contributed by atoms with Crippen molar-refractivity contribution in [3.63, 3.8) is 0 Å². The molecule has 0 saturated heterocycles. The van der Waals surface area contributed by atoms with Gasteiger partial charge in [0.2, 0.25) is 0 Å². The average molecular weight is 357 g/mol. The van der Waals surface area contributed by atoms with Crippen LogP contribution in [0.1, 0.15) is 23.6 Å². The minimum atomic E-state index is -0.259. The van der Waals surface area contributed by atoms with Gasteiger partial charge in [-0.2, -0.15) is 0 Å². The van der Waals surface area contributed by atoms with E-state index < -0.39 is 0 Å². The van der Waals surface area contributed by atoms with Gasteiger partial charge in [0.1, 0.15) is 11.6 Å². The molecular formula is C21H24FNO3. The van der Waals surface area contributed by atoms with E-state index in [0.717, 1.165) is 47.3 Å². The van der Waals surface area contributed by atoms with E-state index in [-0.39, 0.29) is 18.2 Å². The van der Waals surface area contributed by atoms with Gasteiger partial charge in [-0.05, 0) is 73.3 Å². The Morgan fingerprint density at radius 2 is 1.88 bits per heavy atom. The molecule has 0 fully saturated rings. The van der Waals surface area contributed by atoms with Crippen LogP contribution in [0.25, 0.3) is 11.1 Å². The molecule has 138 valence electrons. The fraction of sp³-hybridized carbons (Fsp3) is 0.381. The number of nitrogens with one attached hydrogen (secondary N) is 1. The summed E-state index contributed by atoms with van der Waals surface area (Å²) in [7, 11) is 1.62. The molecule has 1 N–H and O–H groups in total. The van der Waals surface area contributed by atoms with Gasteiger partial charge in [0.25, 0.3) is 0 Å². The summed E-state index contributed by atoms with van der Waals surface area (Å²) in [5, 5.41) is 3.32. The maximum Gasteiger partial charge on any atom is 0.310 e. The summed E-state index contributed by atoms with van der Waals surface area (Å²) in [6.45, 7) is 3.74. The molecule has 3 rings (SSSR count). The number of hydrogen-bond acceptors (Lipinski definition) is 4. The van der Waals surface area contributed by atoms with Gasteiger partial charge in [-0.1, -0.05) is 12.1 Å². The lowest BCUT2D eigenvalue weighted by Crippen LogP contribution is -2.16. The third-order valence-electron chi connectivity index (χ3n) is 4.69. The highest BCUT2D eigenvalue weighted by atomic mass is 19.1. The summed E-state index contributed by atoms with van der Waals surface area (Å²) in [4.78, 5) is 11.8. The molecule has 0 aliphatic carbocycles. The number of carbonyl (C=O) groups is 1. The molecule has 1 aliphatic heterocycles. The summed E-state index contributed by atoms with van der Waals surface area (Å²) in [6, 6.07) is 9.00. The molecular weight excluding hydrogens is 333 g/mol. The number of halogens is 1. The van der Waals surface area contributed by atoms with Crippen molar-refractivity contribution in [3.8, 4) is 16.9 Å². The molecule has 26 heavy (non-hydrogen) atoms. The van der Waals surface area contributed by atoms with Crippen molar-refractivity contribution < 1.29 is 18.7 Å². The Hall–Kier alpha value is -2.40. The van der Waals surface area contributed by atoms with Crippen LogP contribution in [0.15, 0.2) is 30.3 Å². The highest BCUT2D eigenvalue weighted by Gasteiger charge is 2.19. The van der Waals surface area contributed by atoms with Gasteiger partial charge >= 0.3 is 5.97 Å². The monoisotopic (exact) mass is 357 g/mol. The van der Waals surface area contributed by atoms with Crippen LogP contribution in [0.3, 0.4) is 0 Å². The molecule has 0 amide bonds. The van der Waals surface area contributed by atoms with E-state index in [9.17, 15) is 9.18 Å². The number of ether oxygens (including phenoxy) is 2. The summed E-state index contributed by atoms with van der Waals surface area (Å²) >= 11 is 0. The van der Waals surface area contributed by atoms with E-state index in [1.807, 2.05) is 24.3 Å². The van der Waals surface area contributed by atoms with Gasteiger partial charge in [0.05, 0.1) is 20.1 Å². The lowest BCUT2D eigenvalue weighted by molar-refractivity contribution is -0.142. The Bertz CT molecular complexity index is 804. The van der Waals surface area contributed by atoms with E-state index >= 15 is 0 Å². The molecule has 2 aromatic rings. The zero-order chi connectivity index (χ0) is 18.5. The van der Waals surface area contributed by atoms with Crippen LogP contribution in [-0.4, -0.2) is 32.8 Å². The Morgan fingerprint density at radius 1 is 1.12 bits per heavy atom. The van der Waals surface area contributed by atoms with Gasteiger partial charge in [0.15, 0.2) is 0 Å². The first kappa shape index (κ1) is 18.4. The molecule has 0 atom stereocenters. The van der Waals surface area contributed by atoms with Crippen molar-refractivity contribution in [2.45, 2.75) is 26.2 Å². The van der Waals surface area contributed by atoms with Crippen molar-refractivity contribution in [1.29, 1.82) is 0 Å². The van der Waals surface area contributed by atoms with E-state index in [2.05, 4.69) is 5.32 Å². The highest BCUT2D eigenvalue weighted by molar-refractivity contribution is 5.78. The fourth-order valence-electron chi connectivity index (χ4n) is 3.48. The Morgan fingerprint density at radius 3 is 2.62 bits per heavy atom. The second kappa shape index (κ2) is 8.32. The highest BCUT2D eigenvalue weighted by Crippen LogP contribution is 2.36. The number of methoxy groups -OCH3 is 1. The zero-order valence-electron chi connectivity index (χ0n) is 15.2. The maximum absolute atomic E-state index is 14.3. The normalized spacial score (nSPS) is 13.7. The first-order chi connectivity index (χ1) is 12.6. The molecule has 0 radical (unpaired) electrons. The van der Waals surface area contributed by atoms with Crippen molar-refractivity contribution in [1.82, 2.24) is 5.32 Å². The molecule has 2 aromatic carbocycles. The van der Waals surface area contributed by atoms with Crippen LogP contribution in [0.5, 0.6) is 5.75 Å². The van der Waals surface area contributed by atoms with Crippen LogP contribution in [0, 0.1) is 5.82 Å². The summed E-state index contributed by atoms with van der Waals surface area (Å²) in [5.41, 5.74) is 4.48. The molecule has 5 heteroatoms. The number of fused-ring (bicyclic) bond motifs is 1. The van der Waals surface area contributed by atoms with Gasteiger partial charge in [-0.3, -0.25) is 4.79 Å². The topological polar surface area (TPSA) is 47.6 Å². The molecule has 1 aliphatic rings. The molecule has 0 saturated carbocycles. The Labute approximate surface area is 153 Å². The Balaban J connectivity index is 2.06. The molecule has 0 bridgehead atoms.